The first-order chi connectivity index (χ1) is 11.0. The topological polar surface area (TPSA) is 104 Å². The molecule has 4 aromatic heterocycles. The van der Waals surface area contributed by atoms with Gasteiger partial charge in [-0.1, -0.05) is 11.3 Å². The van der Waals surface area contributed by atoms with Gasteiger partial charge < -0.3 is 10.1 Å². The number of imidazole rings is 1. The van der Waals surface area contributed by atoms with Crippen LogP contribution in [0.4, 0.5) is 5.82 Å². The van der Waals surface area contributed by atoms with Crippen molar-refractivity contribution in [3.63, 3.8) is 0 Å². The summed E-state index contributed by atoms with van der Waals surface area (Å²) in [6.45, 7) is 3.78. The van der Waals surface area contributed by atoms with Crippen molar-refractivity contribution in [2.75, 3.05) is 0 Å². The predicted octanol–water partition coefficient (Wildman–Crippen LogP) is 2.51. The number of aromatic nitrogens is 6. The molecule has 0 saturated heterocycles. The highest BCUT2D eigenvalue weighted by atomic mass is 32.2. The van der Waals surface area contributed by atoms with Crippen molar-refractivity contribution < 1.29 is 4.92 Å². The van der Waals surface area contributed by atoms with Crippen LogP contribution in [0.5, 0.6) is 0 Å². The van der Waals surface area contributed by atoms with Crippen LogP contribution in [0.15, 0.2) is 27.8 Å². The molecule has 11 heteroatoms. The van der Waals surface area contributed by atoms with Gasteiger partial charge in [-0.3, -0.25) is 0 Å². The monoisotopic (exact) mass is 347 g/mol. The Kier molecular flexibility index (Phi) is 3.06. The third-order valence-electron chi connectivity index (χ3n) is 3.17. The molecule has 4 heterocycles. The Labute approximate surface area is 137 Å². The van der Waals surface area contributed by atoms with Gasteiger partial charge in [0.05, 0.1) is 0 Å². The van der Waals surface area contributed by atoms with E-state index < -0.39 is 4.92 Å². The second-order valence-electron chi connectivity index (χ2n) is 4.80. The lowest BCUT2D eigenvalue weighted by molar-refractivity contribution is -0.393. The summed E-state index contributed by atoms with van der Waals surface area (Å²) in [5, 5.41) is 18.1. The summed E-state index contributed by atoms with van der Waals surface area (Å²) < 4.78 is 3.07. The van der Waals surface area contributed by atoms with E-state index in [0.29, 0.717) is 15.9 Å². The van der Waals surface area contributed by atoms with Crippen LogP contribution in [-0.2, 0) is 0 Å². The van der Waals surface area contributed by atoms with Crippen LogP contribution >= 0.6 is 23.1 Å². The van der Waals surface area contributed by atoms with E-state index in [0.717, 1.165) is 23.1 Å². The van der Waals surface area contributed by atoms with Crippen LogP contribution in [0.2, 0.25) is 0 Å². The van der Waals surface area contributed by atoms with Gasteiger partial charge in [-0.25, -0.2) is 9.50 Å². The first kappa shape index (κ1) is 14.1. The highest BCUT2D eigenvalue weighted by Gasteiger charge is 2.25. The van der Waals surface area contributed by atoms with Gasteiger partial charge in [-0.15, -0.1) is 5.10 Å². The average Bonchev–Trinajstić information content (AvgIpc) is 3.11. The van der Waals surface area contributed by atoms with Gasteiger partial charge in [0.2, 0.25) is 10.2 Å². The molecule has 0 spiro atoms. The quantitative estimate of drug-likeness (QED) is 0.414. The third-order valence-corrected chi connectivity index (χ3v) is 4.75. The Morgan fingerprint density at radius 2 is 2.13 bits per heavy atom. The van der Waals surface area contributed by atoms with Gasteiger partial charge in [0.25, 0.3) is 10.7 Å². The van der Waals surface area contributed by atoms with Gasteiger partial charge in [0.1, 0.15) is 6.20 Å². The van der Waals surface area contributed by atoms with Crippen molar-refractivity contribution in [1.29, 1.82) is 0 Å². The largest absolute Gasteiger partial charge is 0.363 e. The van der Waals surface area contributed by atoms with Gasteiger partial charge in [-0.05, 0) is 36.6 Å². The molecule has 0 fully saturated rings. The van der Waals surface area contributed by atoms with E-state index in [1.165, 1.54) is 15.7 Å². The molecule has 0 aliphatic heterocycles. The first-order valence-corrected chi connectivity index (χ1v) is 8.21. The zero-order valence-corrected chi connectivity index (χ0v) is 13.6. The van der Waals surface area contributed by atoms with Crippen molar-refractivity contribution in [1.82, 2.24) is 29.0 Å². The van der Waals surface area contributed by atoms with E-state index in [4.69, 9.17) is 0 Å². The number of aryl methyl sites for hydroxylation is 2. The van der Waals surface area contributed by atoms with Gasteiger partial charge >= 0.3 is 5.82 Å². The fourth-order valence-electron chi connectivity index (χ4n) is 2.27. The van der Waals surface area contributed by atoms with Crippen LogP contribution in [-0.4, -0.2) is 33.9 Å². The SMILES string of the molecule is Cc1cc(C)n2nc(Sc3nc4sccn4c3[N+](=O)[O-])nc2n1. The summed E-state index contributed by atoms with van der Waals surface area (Å²) in [6, 6.07) is 1.89. The van der Waals surface area contributed by atoms with Crippen LogP contribution in [0.25, 0.3) is 10.7 Å². The smallest absolute Gasteiger partial charge is 0.358 e. The Morgan fingerprint density at radius 3 is 2.91 bits per heavy atom. The Balaban J connectivity index is 1.81. The van der Waals surface area contributed by atoms with Gasteiger partial charge in [0, 0.05) is 16.8 Å². The van der Waals surface area contributed by atoms with Gasteiger partial charge in [-0.2, -0.15) is 14.4 Å². The Bertz CT molecular complexity index is 1060. The standard InChI is InChI=1S/C12H9N7O2S2/c1-6-5-7(2)18-10(13-6)15-11(16-18)23-8-9(19(20)21)17-3-4-22-12(17)14-8/h3-5H,1-2H3. The molecule has 23 heavy (non-hydrogen) atoms. The number of thiazole rings is 1. The molecule has 0 aliphatic rings. The lowest BCUT2D eigenvalue weighted by Gasteiger charge is -1.97. The first-order valence-electron chi connectivity index (χ1n) is 6.52. The molecule has 0 amide bonds. The maximum atomic E-state index is 11.3. The second-order valence-corrected chi connectivity index (χ2v) is 6.63. The predicted molar refractivity (Wildman–Crippen MR) is 84.1 cm³/mol. The molecule has 0 radical (unpaired) electrons. The molecule has 9 nitrogen and oxygen atoms in total. The van der Waals surface area contributed by atoms with E-state index >= 15 is 0 Å². The number of nitro groups is 1. The Morgan fingerprint density at radius 1 is 1.30 bits per heavy atom. The lowest BCUT2D eigenvalue weighted by atomic mass is 10.4. The zero-order valence-electron chi connectivity index (χ0n) is 12.0. The minimum absolute atomic E-state index is 0.0778. The molecule has 0 aromatic carbocycles. The van der Waals surface area contributed by atoms with Crippen molar-refractivity contribution in [3.8, 4) is 0 Å². The zero-order chi connectivity index (χ0) is 16.1. The molecule has 0 bridgehead atoms. The fourth-order valence-corrected chi connectivity index (χ4v) is 3.85. The second kappa shape index (κ2) is 4.99. The van der Waals surface area contributed by atoms with E-state index in [1.807, 2.05) is 19.9 Å². The maximum absolute atomic E-state index is 11.3. The minimum Gasteiger partial charge on any atom is -0.358 e. The van der Waals surface area contributed by atoms with Crippen molar-refractivity contribution >= 4 is 39.7 Å². The summed E-state index contributed by atoms with van der Waals surface area (Å²) in [4.78, 5) is 24.4. The normalized spacial score (nSPS) is 11.6. The number of nitrogens with zero attached hydrogens (tertiary/aromatic N) is 7. The molecule has 0 saturated carbocycles. The minimum atomic E-state index is -0.446. The number of rotatable bonds is 3. The van der Waals surface area contributed by atoms with E-state index in [2.05, 4.69) is 20.1 Å². The van der Waals surface area contributed by atoms with E-state index in [9.17, 15) is 10.1 Å². The number of hydrogen-bond acceptors (Lipinski definition) is 8. The average molecular weight is 347 g/mol. The van der Waals surface area contributed by atoms with Crippen molar-refractivity contribution in [3.05, 3.63) is 39.1 Å². The van der Waals surface area contributed by atoms with Crippen LogP contribution in [0.1, 0.15) is 11.4 Å². The maximum Gasteiger partial charge on any atom is 0.363 e. The Hall–Kier alpha value is -2.53. The van der Waals surface area contributed by atoms with Crippen molar-refractivity contribution in [2.24, 2.45) is 0 Å². The van der Waals surface area contributed by atoms with Crippen molar-refractivity contribution in [2.45, 2.75) is 24.0 Å². The highest BCUT2D eigenvalue weighted by Crippen LogP contribution is 2.34. The van der Waals surface area contributed by atoms with Crippen LogP contribution in [0, 0.1) is 24.0 Å². The van der Waals surface area contributed by atoms with Gasteiger partial charge in [0.15, 0.2) is 0 Å². The molecule has 4 rings (SSSR count). The summed E-state index contributed by atoms with van der Waals surface area (Å²) in [6.07, 6.45) is 1.63. The number of hydrogen-bond donors (Lipinski definition) is 0. The molecule has 116 valence electrons. The van der Waals surface area contributed by atoms with E-state index in [-0.39, 0.29) is 10.8 Å². The van der Waals surface area contributed by atoms with Crippen LogP contribution in [0.3, 0.4) is 0 Å². The number of fused-ring (bicyclic) bond motifs is 2. The van der Waals surface area contributed by atoms with Crippen LogP contribution < -0.4 is 0 Å². The molecule has 4 aromatic rings. The molecule has 0 unspecified atom stereocenters. The summed E-state index contributed by atoms with van der Waals surface area (Å²) in [5.74, 6) is 0.389. The molecule has 0 atom stereocenters. The third kappa shape index (κ3) is 2.24. The summed E-state index contributed by atoms with van der Waals surface area (Å²) in [7, 11) is 0. The molecule has 0 N–H and O–H groups in total. The fraction of sp³-hybridized carbons (Fsp3) is 0.167. The lowest BCUT2D eigenvalue weighted by Crippen LogP contribution is -1.97. The summed E-state index contributed by atoms with van der Waals surface area (Å²) >= 11 is 2.40. The highest BCUT2D eigenvalue weighted by molar-refractivity contribution is 7.99. The molecular weight excluding hydrogens is 338 g/mol. The van der Waals surface area contributed by atoms with E-state index in [1.54, 1.807) is 16.1 Å². The molecule has 0 aliphatic carbocycles. The summed E-state index contributed by atoms with van der Waals surface area (Å²) in [5.41, 5.74) is 1.74. The molecular formula is C12H9N7O2S2.